The van der Waals surface area contributed by atoms with Crippen LogP contribution < -0.4 is 10.1 Å². The molecule has 0 aromatic heterocycles. The van der Waals surface area contributed by atoms with Crippen molar-refractivity contribution in [3.05, 3.63) is 89.5 Å². The van der Waals surface area contributed by atoms with Crippen molar-refractivity contribution in [2.24, 2.45) is 0 Å². The molecular weight excluding hydrogens is 342 g/mol. The van der Waals surface area contributed by atoms with Gasteiger partial charge in [0.25, 0.3) is 0 Å². The van der Waals surface area contributed by atoms with E-state index >= 15 is 0 Å². The molecule has 1 unspecified atom stereocenters. The lowest BCUT2D eigenvalue weighted by Crippen LogP contribution is -2.37. The monoisotopic (exact) mass is 359 g/mol. The number of para-hydroxylation sites is 2. The summed E-state index contributed by atoms with van der Waals surface area (Å²) in [5.74, 6) is 1.68. The highest BCUT2D eigenvalue weighted by atomic mass is 32.2. The van der Waals surface area contributed by atoms with Crippen LogP contribution in [0.4, 0.5) is 0 Å². The minimum Gasteiger partial charge on any atom is -0.457 e. The molecule has 1 N–H and O–H groups in total. The molecule has 2 heterocycles. The van der Waals surface area contributed by atoms with Gasteiger partial charge in [-0.25, -0.2) is 0 Å². The molecule has 2 aliphatic rings. The standard InChI is InChI=1S/C22H17NO2S/c24-22(20-13-14-7-1-6-12-19(14)26-20)23-21-15-8-2-4-10-17(15)25-18-11-5-3-9-16(18)21/h1-12,20-21H,13H2,(H,23,24). The van der Waals surface area contributed by atoms with Crippen molar-refractivity contribution >= 4 is 17.7 Å². The van der Waals surface area contributed by atoms with Gasteiger partial charge in [-0.3, -0.25) is 4.79 Å². The van der Waals surface area contributed by atoms with Crippen LogP contribution in [0.25, 0.3) is 0 Å². The Labute approximate surface area is 156 Å². The maximum absolute atomic E-state index is 13.0. The number of ether oxygens (including phenoxy) is 1. The number of thioether (sulfide) groups is 1. The molecule has 0 bridgehead atoms. The lowest BCUT2D eigenvalue weighted by atomic mass is 9.94. The van der Waals surface area contributed by atoms with E-state index in [1.807, 2.05) is 60.7 Å². The number of carbonyl (C=O) groups is 1. The van der Waals surface area contributed by atoms with E-state index in [0.29, 0.717) is 0 Å². The summed E-state index contributed by atoms with van der Waals surface area (Å²) in [7, 11) is 0. The summed E-state index contributed by atoms with van der Waals surface area (Å²) in [4.78, 5) is 14.2. The number of amides is 1. The molecule has 26 heavy (non-hydrogen) atoms. The molecule has 0 saturated carbocycles. The van der Waals surface area contributed by atoms with Gasteiger partial charge in [0, 0.05) is 16.0 Å². The molecular formula is C22H17NO2S. The molecule has 1 atom stereocenters. The van der Waals surface area contributed by atoms with Crippen LogP contribution in [0.3, 0.4) is 0 Å². The molecule has 3 aromatic carbocycles. The first-order chi connectivity index (χ1) is 12.8. The first-order valence-corrected chi connectivity index (χ1v) is 9.58. The van der Waals surface area contributed by atoms with Crippen LogP contribution in [0.2, 0.25) is 0 Å². The van der Waals surface area contributed by atoms with Gasteiger partial charge in [-0.05, 0) is 30.2 Å². The molecule has 0 aliphatic carbocycles. The second kappa shape index (κ2) is 6.22. The van der Waals surface area contributed by atoms with Gasteiger partial charge in [-0.15, -0.1) is 11.8 Å². The van der Waals surface area contributed by atoms with Crippen molar-refractivity contribution in [1.29, 1.82) is 0 Å². The summed E-state index contributed by atoms with van der Waals surface area (Å²) in [6, 6.07) is 23.9. The van der Waals surface area contributed by atoms with Crippen LogP contribution in [0.15, 0.2) is 77.7 Å². The number of nitrogens with one attached hydrogen (secondary N) is 1. The third-order valence-corrected chi connectivity index (χ3v) is 6.22. The molecule has 0 saturated heterocycles. The Kier molecular flexibility index (Phi) is 3.71. The fraction of sp³-hybridized carbons (Fsp3) is 0.136. The Bertz CT molecular complexity index is 930. The van der Waals surface area contributed by atoms with Crippen molar-refractivity contribution in [3.63, 3.8) is 0 Å². The van der Waals surface area contributed by atoms with Gasteiger partial charge in [0.05, 0.1) is 11.3 Å². The van der Waals surface area contributed by atoms with Crippen LogP contribution in [0.5, 0.6) is 11.5 Å². The zero-order chi connectivity index (χ0) is 17.5. The summed E-state index contributed by atoms with van der Waals surface area (Å²) in [6.45, 7) is 0. The van der Waals surface area contributed by atoms with E-state index in [1.54, 1.807) is 11.8 Å². The smallest absolute Gasteiger partial charge is 0.234 e. The van der Waals surface area contributed by atoms with E-state index in [0.717, 1.165) is 29.0 Å². The summed E-state index contributed by atoms with van der Waals surface area (Å²) < 4.78 is 6.01. The molecule has 3 nitrogen and oxygen atoms in total. The lowest BCUT2D eigenvalue weighted by Gasteiger charge is -2.29. The average molecular weight is 359 g/mol. The minimum atomic E-state index is -0.187. The van der Waals surface area contributed by atoms with Gasteiger partial charge >= 0.3 is 0 Å². The van der Waals surface area contributed by atoms with E-state index in [-0.39, 0.29) is 17.2 Å². The lowest BCUT2D eigenvalue weighted by molar-refractivity contribution is -0.121. The summed E-state index contributed by atoms with van der Waals surface area (Å²) in [5, 5.41) is 3.18. The highest BCUT2D eigenvalue weighted by Crippen LogP contribution is 2.43. The van der Waals surface area contributed by atoms with Gasteiger partial charge in [0.2, 0.25) is 5.91 Å². The van der Waals surface area contributed by atoms with Crippen LogP contribution >= 0.6 is 11.8 Å². The Morgan fingerprint density at radius 1 is 0.885 bits per heavy atom. The van der Waals surface area contributed by atoms with E-state index in [4.69, 9.17) is 4.74 Å². The predicted octanol–water partition coefficient (Wildman–Crippen LogP) is 4.71. The van der Waals surface area contributed by atoms with Crippen molar-refractivity contribution in [2.75, 3.05) is 0 Å². The SMILES string of the molecule is O=C(NC1c2ccccc2Oc2ccccc21)C1Cc2ccccc2S1. The molecule has 4 heteroatoms. The largest absolute Gasteiger partial charge is 0.457 e. The van der Waals surface area contributed by atoms with Crippen molar-refractivity contribution in [1.82, 2.24) is 5.32 Å². The van der Waals surface area contributed by atoms with Gasteiger partial charge in [-0.2, -0.15) is 0 Å². The Morgan fingerprint density at radius 3 is 2.19 bits per heavy atom. The van der Waals surface area contributed by atoms with Crippen molar-refractivity contribution in [3.8, 4) is 11.5 Å². The predicted molar refractivity (Wildman–Crippen MR) is 103 cm³/mol. The first kappa shape index (κ1) is 15.5. The second-order valence-electron chi connectivity index (χ2n) is 6.54. The zero-order valence-corrected chi connectivity index (χ0v) is 14.8. The van der Waals surface area contributed by atoms with E-state index in [9.17, 15) is 4.79 Å². The quantitative estimate of drug-likeness (QED) is 0.720. The van der Waals surface area contributed by atoms with E-state index in [1.165, 1.54) is 10.5 Å². The highest BCUT2D eigenvalue weighted by molar-refractivity contribution is 8.01. The third-order valence-electron chi connectivity index (χ3n) is 4.91. The molecule has 0 spiro atoms. The zero-order valence-electron chi connectivity index (χ0n) is 14.0. The molecule has 0 fully saturated rings. The average Bonchev–Trinajstić information content (AvgIpc) is 3.12. The Balaban J connectivity index is 1.45. The molecule has 5 rings (SSSR count). The normalized spacial score (nSPS) is 17.6. The maximum atomic E-state index is 13.0. The molecule has 2 aliphatic heterocycles. The van der Waals surface area contributed by atoms with Crippen molar-refractivity contribution in [2.45, 2.75) is 22.6 Å². The topological polar surface area (TPSA) is 38.3 Å². The van der Waals surface area contributed by atoms with Gasteiger partial charge < -0.3 is 10.1 Å². The van der Waals surface area contributed by atoms with Crippen LogP contribution in [-0.2, 0) is 11.2 Å². The van der Waals surface area contributed by atoms with Crippen LogP contribution in [0.1, 0.15) is 22.7 Å². The second-order valence-corrected chi connectivity index (χ2v) is 7.78. The highest BCUT2D eigenvalue weighted by Gasteiger charge is 2.33. The number of benzene rings is 3. The Morgan fingerprint density at radius 2 is 1.50 bits per heavy atom. The van der Waals surface area contributed by atoms with Crippen molar-refractivity contribution < 1.29 is 9.53 Å². The summed E-state index contributed by atoms with van der Waals surface area (Å²) >= 11 is 1.65. The van der Waals surface area contributed by atoms with Crippen LogP contribution in [0, 0.1) is 0 Å². The molecule has 128 valence electrons. The fourth-order valence-electron chi connectivity index (χ4n) is 3.63. The van der Waals surface area contributed by atoms with Gasteiger partial charge in [-0.1, -0.05) is 54.6 Å². The molecule has 3 aromatic rings. The third kappa shape index (κ3) is 2.58. The summed E-state index contributed by atoms with van der Waals surface area (Å²) in [5.41, 5.74) is 3.26. The maximum Gasteiger partial charge on any atom is 0.234 e. The number of hydrogen-bond acceptors (Lipinski definition) is 3. The van der Waals surface area contributed by atoms with Gasteiger partial charge in [0.1, 0.15) is 11.5 Å². The number of carbonyl (C=O) groups excluding carboxylic acids is 1. The van der Waals surface area contributed by atoms with E-state index < -0.39 is 0 Å². The number of rotatable bonds is 2. The fourth-order valence-corrected chi connectivity index (χ4v) is 4.83. The van der Waals surface area contributed by atoms with Crippen LogP contribution in [-0.4, -0.2) is 11.2 Å². The molecule has 0 radical (unpaired) electrons. The van der Waals surface area contributed by atoms with Gasteiger partial charge in [0.15, 0.2) is 0 Å². The first-order valence-electron chi connectivity index (χ1n) is 8.70. The summed E-state index contributed by atoms with van der Waals surface area (Å²) in [6.07, 6.45) is 0.777. The number of hydrogen-bond donors (Lipinski definition) is 1. The Hall–Kier alpha value is -2.72. The minimum absolute atomic E-state index is 0.0720. The molecule has 1 amide bonds. The van der Waals surface area contributed by atoms with E-state index in [2.05, 4.69) is 17.4 Å². The number of fused-ring (bicyclic) bond motifs is 3.